The quantitative estimate of drug-likeness (QED) is 0.431. The van der Waals surface area contributed by atoms with Crippen LogP contribution in [-0.2, 0) is 15.0 Å². The first kappa shape index (κ1) is 31.8. The summed E-state index contributed by atoms with van der Waals surface area (Å²) in [4.78, 5) is 47.1. The van der Waals surface area contributed by atoms with Gasteiger partial charge in [0.15, 0.2) is 5.54 Å². The van der Waals surface area contributed by atoms with Crippen molar-refractivity contribution in [3.63, 3.8) is 0 Å². The number of carbonyl (C=O) groups excluding carboxylic acids is 3. The third-order valence-corrected chi connectivity index (χ3v) is 5.88. The van der Waals surface area contributed by atoms with Crippen LogP contribution < -0.4 is 10.6 Å². The predicted molar refractivity (Wildman–Crippen MR) is 149 cm³/mol. The number of pyridine rings is 1. The van der Waals surface area contributed by atoms with Gasteiger partial charge in [0.05, 0.1) is 13.1 Å². The molecule has 2 aromatic rings. The zero-order chi connectivity index (χ0) is 30.8. The van der Waals surface area contributed by atoms with Crippen molar-refractivity contribution in [3.8, 4) is 0 Å². The topological polar surface area (TPSA) is 122 Å². The van der Waals surface area contributed by atoms with Crippen LogP contribution in [0.5, 0.6) is 0 Å². The Hall–Kier alpha value is -3.68. The van der Waals surface area contributed by atoms with Gasteiger partial charge in [-0.05, 0) is 87.8 Å². The fourth-order valence-electron chi connectivity index (χ4n) is 3.80. The summed E-state index contributed by atoms with van der Waals surface area (Å²) in [5.41, 5.74) is -5.20. The minimum atomic E-state index is -3.36. The van der Waals surface area contributed by atoms with E-state index in [1.165, 1.54) is 18.3 Å². The molecule has 0 aliphatic carbocycles. The van der Waals surface area contributed by atoms with Gasteiger partial charge in [-0.3, -0.25) is 20.0 Å². The molecule has 2 N–H and O–H groups in total. The van der Waals surface area contributed by atoms with Gasteiger partial charge in [-0.15, -0.1) is 0 Å². The van der Waals surface area contributed by atoms with Crippen LogP contribution in [-0.4, -0.2) is 64.5 Å². The van der Waals surface area contributed by atoms with Crippen molar-refractivity contribution in [2.75, 3.05) is 18.4 Å². The number of alkyl halides is 2. The maximum absolute atomic E-state index is 15.3. The number of halogens is 4. The van der Waals surface area contributed by atoms with E-state index in [4.69, 9.17) is 9.47 Å². The summed E-state index contributed by atoms with van der Waals surface area (Å²) in [6.45, 7) is 8.37. The Balaban J connectivity index is 2.07. The fourth-order valence-corrected chi connectivity index (χ4v) is 4.04. The first-order valence-electron chi connectivity index (χ1n) is 12.5. The number of carbonyl (C=O) groups is 3. The normalized spacial score (nSPS) is 17.5. The van der Waals surface area contributed by atoms with Crippen LogP contribution in [0.25, 0.3) is 0 Å². The summed E-state index contributed by atoms with van der Waals surface area (Å²) in [6, 6.07) is 6.11. The predicted octanol–water partition coefficient (Wildman–Crippen LogP) is 5.87. The molecular formula is C27H31BrF3N5O5. The SMILES string of the molecule is CC(C)(C)OC(=O)NC1=NC(c2cc(NC(=O)c3ccc(Br)cn3)ccc2F)(C(F)F)CN(C(=O)OC(C)(C)C)C1. The van der Waals surface area contributed by atoms with E-state index >= 15 is 4.39 Å². The van der Waals surface area contributed by atoms with Gasteiger partial charge in [0.1, 0.15) is 28.5 Å². The maximum Gasteiger partial charge on any atom is 0.413 e. The number of rotatable bonds is 4. The van der Waals surface area contributed by atoms with Gasteiger partial charge < -0.3 is 14.8 Å². The monoisotopic (exact) mass is 641 g/mol. The molecule has 0 spiro atoms. The first-order chi connectivity index (χ1) is 18.9. The van der Waals surface area contributed by atoms with Gasteiger partial charge in [0.2, 0.25) is 0 Å². The molecule has 1 atom stereocenters. The van der Waals surface area contributed by atoms with Gasteiger partial charge in [-0.1, -0.05) is 0 Å². The van der Waals surface area contributed by atoms with Crippen molar-refractivity contribution in [3.05, 3.63) is 58.1 Å². The van der Waals surface area contributed by atoms with E-state index in [0.717, 1.165) is 17.0 Å². The molecule has 3 amide bonds. The van der Waals surface area contributed by atoms with Crippen molar-refractivity contribution in [1.29, 1.82) is 0 Å². The lowest BCUT2D eigenvalue weighted by Crippen LogP contribution is -2.57. The molecule has 0 radical (unpaired) electrons. The van der Waals surface area contributed by atoms with Crippen molar-refractivity contribution in [2.24, 2.45) is 4.99 Å². The first-order valence-corrected chi connectivity index (χ1v) is 13.3. The number of aromatic nitrogens is 1. The van der Waals surface area contributed by atoms with Crippen molar-refractivity contribution in [1.82, 2.24) is 15.2 Å². The largest absolute Gasteiger partial charge is 0.444 e. The Morgan fingerprint density at radius 3 is 2.24 bits per heavy atom. The molecule has 0 bridgehead atoms. The van der Waals surface area contributed by atoms with Gasteiger partial charge >= 0.3 is 12.2 Å². The van der Waals surface area contributed by atoms with Crippen LogP contribution >= 0.6 is 15.9 Å². The molecule has 1 unspecified atom stereocenters. The number of amides is 3. The second kappa shape index (κ2) is 12.0. The summed E-state index contributed by atoms with van der Waals surface area (Å²) >= 11 is 3.22. The van der Waals surface area contributed by atoms with Crippen molar-refractivity contribution < 1.29 is 37.0 Å². The van der Waals surface area contributed by atoms with Gasteiger partial charge in [0, 0.05) is 21.9 Å². The average molecular weight is 642 g/mol. The zero-order valence-electron chi connectivity index (χ0n) is 23.4. The number of hydrogen-bond acceptors (Lipinski definition) is 7. The third kappa shape index (κ3) is 8.41. The van der Waals surface area contributed by atoms with Crippen LogP contribution in [0.2, 0.25) is 0 Å². The lowest BCUT2D eigenvalue weighted by molar-refractivity contribution is -0.00253. The Bertz CT molecular complexity index is 1340. The van der Waals surface area contributed by atoms with E-state index < -0.39 is 65.7 Å². The number of benzene rings is 1. The molecule has 14 heteroatoms. The van der Waals surface area contributed by atoms with E-state index in [2.05, 4.69) is 36.5 Å². The molecule has 0 fully saturated rings. The van der Waals surface area contributed by atoms with E-state index in [1.807, 2.05) is 0 Å². The molecule has 1 aromatic heterocycles. The second-order valence-electron chi connectivity index (χ2n) is 11.3. The molecular weight excluding hydrogens is 611 g/mol. The highest BCUT2D eigenvalue weighted by Gasteiger charge is 2.50. The number of nitrogens with one attached hydrogen (secondary N) is 2. The molecule has 41 heavy (non-hydrogen) atoms. The van der Waals surface area contributed by atoms with Gasteiger partial charge in [0.25, 0.3) is 12.3 Å². The fraction of sp³-hybridized carbons (Fsp3) is 0.444. The number of alkyl carbamates (subject to hydrolysis) is 1. The number of amidine groups is 1. The zero-order valence-corrected chi connectivity index (χ0v) is 24.9. The van der Waals surface area contributed by atoms with Crippen molar-refractivity contribution >= 4 is 45.5 Å². The number of anilines is 1. The molecule has 1 aliphatic heterocycles. The maximum atomic E-state index is 15.3. The summed E-state index contributed by atoms with van der Waals surface area (Å²) in [6.07, 6.45) is -3.95. The molecule has 1 aromatic carbocycles. The smallest absolute Gasteiger partial charge is 0.413 e. The Labute approximate surface area is 243 Å². The summed E-state index contributed by atoms with van der Waals surface area (Å²) in [7, 11) is 0. The Morgan fingerprint density at radius 2 is 1.68 bits per heavy atom. The lowest BCUT2D eigenvalue weighted by atomic mass is 9.88. The van der Waals surface area contributed by atoms with E-state index in [-0.39, 0.29) is 17.2 Å². The highest BCUT2D eigenvalue weighted by Crippen LogP contribution is 2.39. The highest BCUT2D eigenvalue weighted by atomic mass is 79.9. The summed E-state index contributed by atoms with van der Waals surface area (Å²) in [5.74, 6) is -2.11. The van der Waals surface area contributed by atoms with Crippen LogP contribution in [0.3, 0.4) is 0 Å². The van der Waals surface area contributed by atoms with Crippen LogP contribution in [0.15, 0.2) is 46.0 Å². The van der Waals surface area contributed by atoms with Crippen LogP contribution in [0, 0.1) is 5.82 Å². The van der Waals surface area contributed by atoms with Gasteiger partial charge in [-0.25, -0.2) is 27.7 Å². The minimum Gasteiger partial charge on any atom is -0.444 e. The lowest BCUT2D eigenvalue weighted by Gasteiger charge is -2.40. The number of hydrogen-bond donors (Lipinski definition) is 2. The summed E-state index contributed by atoms with van der Waals surface area (Å²) in [5, 5.41) is 4.80. The molecule has 10 nitrogen and oxygen atoms in total. The second-order valence-corrected chi connectivity index (χ2v) is 12.2. The average Bonchev–Trinajstić information content (AvgIpc) is 2.83. The number of aliphatic imine (C=N–C) groups is 1. The third-order valence-electron chi connectivity index (χ3n) is 5.42. The minimum absolute atomic E-state index is 0.0256. The van der Waals surface area contributed by atoms with Crippen molar-refractivity contribution in [2.45, 2.75) is 64.7 Å². The molecule has 1 aliphatic rings. The van der Waals surface area contributed by atoms with E-state index in [0.29, 0.717) is 4.47 Å². The standard InChI is InChI=1S/C27H31BrF3N5O5/c1-25(2,3)40-23(38)34-20-13-36(24(39)41-26(4,5)6)14-27(35-20,22(30)31)17-11-16(8-9-18(17)29)33-21(37)19-10-7-15(28)12-32-19/h7-12,22H,13-14H2,1-6H3,(H,33,37)(H,34,35,38). The van der Waals surface area contributed by atoms with Gasteiger partial charge in [-0.2, -0.15) is 0 Å². The number of ether oxygens (including phenoxy) is 2. The van der Waals surface area contributed by atoms with Crippen LogP contribution in [0.1, 0.15) is 57.6 Å². The van der Waals surface area contributed by atoms with E-state index in [1.54, 1.807) is 47.6 Å². The Morgan fingerprint density at radius 1 is 1.02 bits per heavy atom. The number of nitrogens with zero attached hydrogens (tertiary/aromatic N) is 3. The highest BCUT2D eigenvalue weighted by molar-refractivity contribution is 9.10. The molecule has 0 saturated carbocycles. The molecule has 3 rings (SSSR count). The molecule has 2 heterocycles. The molecule has 0 saturated heterocycles. The van der Waals surface area contributed by atoms with E-state index in [9.17, 15) is 23.2 Å². The summed E-state index contributed by atoms with van der Waals surface area (Å²) < 4.78 is 56.5. The van der Waals surface area contributed by atoms with Crippen LogP contribution in [0.4, 0.5) is 28.4 Å². The Kier molecular flexibility index (Phi) is 9.36. The molecule has 222 valence electrons.